The Morgan fingerprint density at radius 1 is 0.550 bits per heavy atom. The van der Waals surface area contributed by atoms with Crippen molar-refractivity contribution >= 4 is 38.9 Å². The lowest BCUT2D eigenvalue weighted by Gasteiger charge is -2.36. The van der Waals surface area contributed by atoms with Crippen LogP contribution in [0.15, 0.2) is 212 Å². The molecule has 0 amide bonds. The molecular formula is C58H46N2. The van der Waals surface area contributed by atoms with E-state index in [0.717, 1.165) is 29.9 Å². The molecule has 0 fully saturated rings. The van der Waals surface area contributed by atoms with Gasteiger partial charge in [0.15, 0.2) is 0 Å². The minimum Gasteiger partial charge on any atom is -0.310 e. The molecule has 0 radical (unpaired) electrons. The van der Waals surface area contributed by atoms with Crippen molar-refractivity contribution in [2.24, 2.45) is 5.92 Å². The first-order valence-corrected chi connectivity index (χ1v) is 21.6. The number of hydrogen-bond acceptors (Lipinski definition) is 1. The van der Waals surface area contributed by atoms with Crippen molar-refractivity contribution in [3.8, 4) is 16.8 Å². The van der Waals surface area contributed by atoms with E-state index >= 15 is 0 Å². The maximum Gasteiger partial charge on any atom is 0.0711 e. The van der Waals surface area contributed by atoms with Crippen LogP contribution in [-0.4, -0.2) is 4.57 Å². The minimum absolute atomic E-state index is 0.00876. The van der Waals surface area contributed by atoms with Crippen molar-refractivity contribution in [3.63, 3.8) is 0 Å². The molecule has 8 aromatic rings. The zero-order chi connectivity index (χ0) is 40.0. The van der Waals surface area contributed by atoms with Gasteiger partial charge in [-0.1, -0.05) is 160 Å². The molecular weight excluding hydrogens is 725 g/mol. The van der Waals surface area contributed by atoms with E-state index in [0.29, 0.717) is 11.8 Å². The Labute approximate surface area is 352 Å². The second kappa shape index (κ2) is 13.3. The highest BCUT2D eigenvalue weighted by Gasteiger charge is 2.48. The van der Waals surface area contributed by atoms with E-state index in [2.05, 4.69) is 230 Å². The van der Waals surface area contributed by atoms with Crippen LogP contribution < -0.4 is 4.90 Å². The normalized spacial score (nSPS) is 20.5. The highest BCUT2D eigenvalue weighted by Crippen LogP contribution is 2.59. The van der Waals surface area contributed by atoms with Gasteiger partial charge in [-0.2, -0.15) is 0 Å². The fraction of sp³-hybridized carbons (Fsp3) is 0.138. The lowest BCUT2D eigenvalue weighted by atomic mass is 9.66. The summed E-state index contributed by atoms with van der Waals surface area (Å²) in [5.74, 6) is 0.836. The van der Waals surface area contributed by atoms with Crippen LogP contribution in [0, 0.1) is 5.92 Å². The fourth-order valence-electron chi connectivity index (χ4n) is 11.5. The number of allylic oxidation sites excluding steroid dienone is 8. The van der Waals surface area contributed by atoms with Crippen molar-refractivity contribution in [1.82, 2.24) is 4.57 Å². The van der Waals surface area contributed by atoms with Gasteiger partial charge in [0.05, 0.1) is 16.4 Å². The Morgan fingerprint density at radius 3 is 1.93 bits per heavy atom. The molecule has 1 heterocycles. The van der Waals surface area contributed by atoms with Crippen LogP contribution in [0.1, 0.15) is 60.4 Å². The molecule has 60 heavy (non-hydrogen) atoms. The summed E-state index contributed by atoms with van der Waals surface area (Å²) in [4.78, 5) is 2.50. The van der Waals surface area contributed by atoms with E-state index in [9.17, 15) is 0 Å². The third-order valence-electron chi connectivity index (χ3n) is 14.2. The van der Waals surface area contributed by atoms with Crippen molar-refractivity contribution < 1.29 is 0 Å². The quantitative estimate of drug-likeness (QED) is 0.163. The minimum atomic E-state index is -0.444. The predicted octanol–water partition coefficient (Wildman–Crippen LogP) is 15.0. The van der Waals surface area contributed by atoms with E-state index in [4.69, 9.17) is 0 Å². The Morgan fingerprint density at radius 2 is 1.18 bits per heavy atom. The molecule has 7 aromatic carbocycles. The average Bonchev–Trinajstić information content (AvgIpc) is 3.88. The van der Waals surface area contributed by atoms with Crippen molar-refractivity contribution in [2.45, 2.75) is 43.4 Å². The van der Waals surface area contributed by atoms with Gasteiger partial charge in [0, 0.05) is 39.4 Å². The molecule has 0 saturated heterocycles. The number of hydrogen-bond donors (Lipinski definition) is 0. The van der Waals surface area contributed by atoms with Crippen LogP contribution in [0.25, 0.3) is 38.6 Å². The largest absolute Gasteiger partial charge is 0.310 e. The van der Waals surface area contributed by atoms with Crippen molar-refractivity contribution in [2.75, 3.05) is 4.90 Å². The third kappa shape index (κ3) is 4.94. The molecule has 2 heteroatoms. The molecule has 4 aliphatic rings. The van der Waals surface area contributed by atoms with Gasteiger partial charge in [0.1, 0.15) is 0 Å². The standard InChI is InChI=1S/C58H46N2/c1-57(2)51-25-13-9-21-45(51)47-35-33-43(37-53(47)57)59(41-29-31-42(32-30-41)60-55-27-15-11-23-49(55)50-24-12-16-28-56(50)60)44-34-36-48-46-22-10-14-26-52(46)58(54(48)38-44,39-17-5-3-6-18-39)40-19-7-4-8-20-40/h3,5-7,9-38,45,51H,4,8H2,1-2H3. The van der Waals surface area contributed by atoms with Gasteiger partial charge >= 0.3 is 0 Å². The smallest absolute Gasteiger partial charge is 0.0711 e. The number of anilines is 3. The number of fused-ring (bicyclic) bond motifs is 9. The topological polar surface area (TPSA) is 8.17 Å². The summed E-state index contributed by atoms with van der Waals surface area (Å²) >= 11 is 0. The lowest BCUT2D eigenvalue weighted by molar-refractivity contribution is 0.394. The first-order chi connectivity index (χ1) is 29.5. The summed E-state index contributed by atoms with van der Waals surface area (Å²) in [7, 11) is 0. The van der Waals surface area contributed by atoms with Gasteiger partial charge in [0.25, 0.3) is 0 Å². The van der Waals surface area contributed by atoms with Gasteiger partial charge in [-0.05, 0) is 129 Å². The molecule has 0 saturated carbocycles. The van der Waals surface area contributed by atoms with E-state index in [1.807, 2.05) is 0 Å². The van der Waals surface area contributed by atoms with Crippen LogP contribution >= 0.6 is 0 Å². The molecule has 0 spiro atoms. The molecule has 2 nitrogen and oxygen atoms in total. The zero-order valence-corrected chi connectivity index (χ0v) is 34.1. The predicted molar refractivity (Wildman–Crippen MR) is 251 cm³/mol. The molecule has 0 bridgehead atoms. The summed E-state index contributed by atoms with van der Waals surface area (Å²) in [6.07, 6.45) is 18.6. The highest BCUT2D eigenvalue weighted by molar-refractivity contribution is 6.09. The van der Waals surface area contributed by atoms with Crippen LogP contribution in [0.5, 0.6) is 0 Å². The van der Waals surface area contributed by atoms with Crippen LogP contribution in [0.4, 0.5) is 17.1 Å². The van der Waals surface area contributed by atoms with E-state index < -0.39 is 5.41 Å². The SMILES string of the molecule is CC1(C)c2cc(N(c3ccc(-n4c5ccccc5c5ccccc54)cc3)c3ccc4c(c3)C(C3=CCCC=C3)(c3ccccc3)c3ccccc3-4)ccc2C2C=CC=CC21. The molecule has 12 rings (SSSR count). The monoisotopic (exact) mass is 770 g/mol. The summed E-state index contributed by atoms with van der Waals surface area (Å²) in [6, 6.07) is 61.6. The summed E-state index contributed by atoms with van der Waals surface area (Å²) in [5, 5.41) is 2.54. The molecule has 288 valence electrons. The number of para-hydroxylation sites is 2. The maximum absolute atomic E-state index is 2.51. The fourth-order valence-corrected chi connectivity index (χ4v) is 11.5. The Hall–Kier alpha value is -6.90. The van der Waals surface area contributed by atoms with Gasteiger partial charge in [0.2, 0.25) is 0 Å². The van der Waals surface area contributed by atoms with E-state index in [1.54, 1.807) is 0 Å². The second-order valence-electron chi connectivity index (χ2n) is 17.6. The Bertz CT molecular complexity index is 3080. The molecule has 3 unspecified atom stereocenters. The highest BCUT2D eigenvalue weighted by atomic mass is 15.1. The van der Waals surface area contributed by atoms with Gasteiger partial charge in [-0.25, -0.2) is 0 Å². The first-order valence-electron chi connectivity index (χ1n) is 21.6. The number of rotatable bonds is 6. The van der Waals surface area contributed by atoms with Crippen molar-refractivity contribution in [1.29, 1.82) is 0 Å². The summed E-state index contributed by atoms with van der Waals surface area (Å²) in [6.45, 7) is 4.86. The van der Waals surface area contributed by atoms with Crippen molar-refractivity contribution in [3.05, 3.63) is 240 Å². The number of nitrogens with zero attached hydrogens (tertiary/aromatic N) is 2. The number of benzene rings is 7. The maximum atomic E-state index is 2.51. The third-order valence-corrected chi connectivity index (χ3v) is 14.2. The molecule has 0 N–H and O–H groups in total. The summed E-state index contributed by atoms with van der Waals surface area (Å²) in [5.41, 5.74) is 17.4. The van der Waals surface area contributed by atoms with Gasteiger partial charge in [-0.3, -0.25) is 0 Å². The lowest BCUT2D eigenvalue weighted by Crippen LogP contribution is -2.29. The second-order valence-corrected chi connectivity index (χ2v) is 17.6. The molecule has 1 aromatic heterocycles. The molecule has 0 aliphatic heterocycles. The zero-order valence-electron chi connectivity index (χ0n) is 34.1. The Kier molecular flexibility index (Phi) is 7.78. The van der Waals surface area contributed by atoms with E-state index in [-0.39, 0.29) is 5.41 Å². The van der Waals surface area contributed by atoms with Crippen LogP contribution in [0.2, 0.25) is 0 Å². The van der Waals surface area contributed by atoms with Gasteiger partial charge < -0.3 is 9.47 Å². The molecule has 4 aliphatic carbocycles. The average molecular weight is 771 g/mol. The Balaban J connectivity index is 1.08. The summed E-state index contributed by atoms with van der Waals surface area (Å²) < 4.78 is 2.41. The van der Waals surface area contributed by atoms with Crippen LogP contribution in [-0.2, 0) is 10.8 Å². The molecule has 3 atom stereocenters. The number of aromatic nitrogens is 1. The van der Waals surface area contributed by atoms with Gasteiger partial charge in [-0.15, -0.1) is 0 Å². The first kappa shape index (κ1) is 35.1. The van der Waals surface area contributed by atoms with E-state index in [1.165, 1.54) is 72.0 Å². The van der Waals surface area contributed by atoms with Crippen LogP contribution in [0.3, 0.4) is 0 Å².